The van der Waals surface area contributed by atoms with Crippen molar-refractivity contribution in [3.05, 3.63) is 41.7 Å². The maximum absolute atomic E-state index is 10.4. The highest BCUT2D eigenvalue weighted by atomic mass is 32.1. The third kappa shape index (κ3) is 6.42. The lowest BCUT2D eigenvalue weighted by Crippen LogP contribution is -2.32. The van der Waals surface area contributed by atoms with Gasteiger partial charge in [0.25, 0.3) is 0 Å². The van der Waals surface area contributed by atoms with Crippen molar-refractivity contribution in [3.8, 4) is 0 Å². The summed E-state index contributed by atoms with van der Waals surface area (Å²) in [5.41, 5.74) is 6.07. The van der Waals surface area contributed by atoms with Gasteiger partial charge < -0.3 is 25.7 Å². The van der Waals surface area contributed by atoms with Crippen molar-refractivity contribution in [2.75, 3.05) is 5.32 Å². The normalized spacial score (nSPS) is 12.6. The minimum atomic E-state index is -0.994. The number of nitrogens with one attached hydrogen (secondary N) is 1. The molecule has 0 aliphatic carbocycles. The van der Waals surface area contributed by atoms with E-state index in [2.05, 4.69) is 5.32 Å². The minimum Gasteiger partial charge on any atom is -0.480 e. The third-order valence-electron chi connectivity index (χ3n) is 2.60. The average Bonchev–Trinajstić information content (AvgIpc) is 3.12. The Bertz CT molecular complexity index is 516. The topological polar surface area (TPSA) is 126 Å². The van der Waals surface area contributed by atoms with Gasteiger partial charge in [-0.1, -0.05) is 0 Å². The van der Waals surface area contributed by atoms with Crippen molar-refractivity contribution >= 4 is 28.3 Å². The van der Waals surface area contributed by atoms with Crippen LogP contribution in [0.4, 0.5) is 5.00 Å². The van der Waals surface area contributed by atoms with Gasteiger partial charge >= 0.3 is 11.9 Å². The molecule has 0 saturated heterocycles. The van der Waals surface area contributed by atoms with E-state index < -0.39 is 24.0 Å². The zero-order valence-corrected chi connectivity index (χ0v) is 12.7. The first-order chi connectivity index (χ1) is 10.4. The van der Waals surface area contributed by atoms with E-state index in [9.17, 15) is 9.59 Å². The molecule has 7 nitrogen and oxygen atoms in total. The molecule has 2 heterocycles. The average molecular weight is 326 g/mol. The number of hydrogen-bond donors (Lipinski definition) is 4. The van der Waals surface area contributed by atoms with Gasteiger partial charge in [0.2, 0.25) is 0 Å². The second-order valence-corrected chi connectivity index (χ2v) is 5.41. The third-order valence-corrected chi connectivity index (χ3v) is 3.40. The van der Waals surface area contributed by atoms with E-state index in [0.717, 1.165) is 10.6 Å². The second-order valence-electron chi connectivity index (χ2n) is 4.46. The SMILES string of the molecule is C[C@H](Nc1cccs1)C(=O)O.N[C@@H](Cc1ccoc1)C(=O)O. The predicted octanol–water partition coefficient (Wildman–Crippen LogP) is 1.87. The molecule has 0 aliphatic rings. The van der Waals surface area contributed by atoms with E-state index in [1.165, 1.54) is 23.9 Å². The summed E-state index contributed by atoms with van der Waals surface area (Å²) in [4.78, 5) is 20.6. The summed E-state index contributed by atoms with van der Waals surface area (Å²) in [5.74, 6) is -1.83. The molecule has 0 aromatic carbocycles. The highest BCUT2D eigenvalue weighted by Gasteiger charge is 2.12. The molecular weight excluding hydrogens is 308 g/mol. The van der Waals surface area contributed by atoms with Crippen LogP contribution in [0.15, 0.2) is 40.5 Å². The Labute approximate surface area is 131 Å². The Balaban J connectivity index is 0.000000220. The van der Waals surface area contributed by atoms with E-state index in [1.807, 2.05) is 17.5 Å². The number of thiophene rings is 1. The highest BCUT2D eigenvalue weighted by molar-refractivity contribution is 7.14. The van der Waals surface area contributed by atoms with Crippen LogP contribution in [-0.4, -0.2) is 34.2 Å². The smallest absolute Gasteiger partial charge is 0.325 e. The van der Waals surface area contributed by atoms with Crippen LogP contribution in [0.3, 0.4) is 0 Å². The molecule has 0 aliphatic heterocycles. The van der Waals surface area contributed by atoms with Crippen LogP contribution in [-0.2, 0) is 16.0 Å². The molecule has 0 saturated carbocycles. The van der Waals surface area contributed by atoms with Crippen molar-refractivity contribution in [2.45, 2.75) is 25.4 Å². The summed E-state index contributed by atoms with van der Waals surface area (Å²) in [6.45, 7) is 1.61. The van der Waals surface area contributed by atoms with Gasteiger partial charge in [-0.15, -0.1) is 11.3 Å². The molecule has 5 N–H and O–H groups in total. The maximum atomic E-state index is 10.4. The van der Waals surface area contributed by atoms with Gasteiger partial charge in [-0.25, -0.2) is 0 Å². The molecule has 0 spiro atoms. The van der Waals surface area contributed by atoms with E-state index in [0.29, 0.717) is 6.42 Å². The van der Waals surface area contributed by atoms with Gasteiger partial charge in [-0.3, -0.25) is 9.59 Å². The van der Waals surface area contributed by atoms with Gasteiger partial charge in [0.05, 0.1) is 17.5 Å². The highest BCUT2D eigenvalue weighted by Crippen LogP contribution is 2.15. The molecule has 22 heavy (non-hydrogen) atoms. The Morgan fingerprint density at radius 3 is 2.55 bits per heavy atom. The monoisotopic (exact) mass is 326 g/mol. The maximum Gasteiger partial charge on any atom is 0.325 e. The first-order valence-corrected chi connectivity index (χ1v) is 7.30. The molecule has 2 atom stereocenters. The summed E-state index contributed by atoms with van der Waals surface area (Å²) in [7, 11) is 0. The van der Waals surface area contributed by atoms with E-state index in [-0.39, 0.29) is 0 Å². The largest absolute Gasteiger partial charge is 0.480 e. The Morgan fingerprint density at radius 1 is 1.36 bits per heavy atom. The van der Waals surface area contributed by atoms with Crippen molar-refractivity contribution in [1.29, 1.82) is 0 Å². The molecule has 8 heteroatoms. The van der Waals surface area contributed by atoms with Crippen LogP contribution in [0.2, 0.25) is 0 Å². The molecule has 120 valence electrons. The summed E-state index contributed by atoms with van der Waals surface area (Å²) in [6.07, 6.45) is 3.29. The number of nitrogens with two attached hydrogens (primary N) is 1. The van der Waals surface area contributed by atoms with Crippen LogP contribution < -0.4 is 11.1 Å². The van der Waals surface area contributed by atoms with E-state index in [1.54, 1.807) is 13.0 Å². The number of carboxylic acid groups (broad SMARTS) is 2. The number of hydrogen-bond acceptors (Lipinski definition) is 6. The molecule has 2 rings (SSSR count). The van der Waals surface area contributed by atoms with Crippen LogP contribution in [0.5, 0.6) is 0 Å². The Kier molecular flexibility index (Phi) is 7.14. The van der Waals surface area contributed by atoms with Crippen molar-refractivity contribution in [3.63, 3.8) is 0 Å². The first kappa shape index (κ1) is 17.7. The standard InChI is InChI=1S/C7H9NO3.C7H9NO2S/c8-6(7(9)10)3-5-1-2-11-4-5;1-5(7(9)10)8-6-3-2-4-11-6/h1-2,4,6H,3,8H2,(H,9,10);2-5,8H,1H3,(H,9,10)/t6-;5-/m00/s1. The molecular formula is C14H18N2O5S. The number of anilines is 1. The molecule has 0 fully saturated rings. The summed E-state index contributed by atoms with van der Waals surface area (Å²) >= 11 is 1.49. The summed E-state index contributed by atoms with van der Waals surface area (Å²) < 4.78 is 4.75. The van der Waals surface area contributed by atoms with Crippen molar-refractivity contribution in [1.82, 2.24) is 0 Å². The van der Waals surface area contributed by atoms with Crippen LogP contribution >= 0.6 is 11.3 Å². The number of aliphatic carboxylic acids is 2. The van der Waals surface area contributed by atoms with Gasteiger partial charge in [0.15, 0.2) is 0 Å². The number of carbonyl (C=O) groups is 2. The van der Waals surface area contributed by atoms with Gasteiger partial charge in [-0.2, -0.15) is 0 Å². The number of rotatable bonds is 6. The molecule has 0 bridgehead atoms. The fourth-order valence-corrected chi connectivity index (χ4v) is 2.09. The van der Waals surface area contributed by atoms with Gasteiger partial charge in [0.1, 0.15) is 12.1 Å². The molecule has 2 aromatic heterocycles. The molecule has 0 unspecified atom stereocenters. The van der Waals surface area contributed by atoms with Gasteiger partial charge in [-0.05, 0) is 36.1 Å². The van der Waals surface area contributed by atoms with Crippen LogP contribution in [0.1, 0.15) is 12.5 Å². The van der Waals surface area contributed by atoms with Crippen molar-refractivity contribution < 1.29 is 24.2 Å². The Morgan fingerprint density at radius 2 is 2.09 bits per heavy atom. The lowest BCUT2D eigenvalue weighted by Gasteiger charge is -2.06. The van der Waals surface area contributed by atoms with Gasteiger partial charge in [0, 0.05) is 6.42 Å². The van der Waals surface area contributed by atoms with Crippen LogP contribution in [0.25, 0.3) is 0 Å². The summed E-state index contributed by atoms with van der Waals surface area (Å²) in [5, 5.41) is 22.6. The second kappa shape index (κ2) is 8.85. The van der Waals surface area contributed by atoms with Crippen molar-refractivity contribution in [2.24, 2.45) is 5.73 Å². The quantitative estimate of drug-likeness (QED) is 0.638. The lowest BCUT2D eigenvalue weighted by atomic mass is 10.1. The first-order valence-electron chi connectivity index (χ1n) is 6.42. The number of carboxylic acids is 2. The fourth-order valence-electron chi connectivity index (χ4n) is 1.39. The predicted molar refractivity (Wildman–Crippen MR) is 83.1 cm³/mol. The molecule has 0 amide bonds. The zero-order valence-electron chi connectivity index (χ0n) is 11.9. The zero-order chi connectivity index (χ0) is 16.5. The van der Waals surface area contributed by atoms with E-state index >= 15 is 0 Å². The molecule has 2 aromatic rings. The Hall–Kier alpha value is -2.32. The molecule has 0 radical (unpaired) electrons. The lowest BCUT2D eigenvalue weighted by molar-refractivity contribution is -0.139. The number of furan rings is 1. The minimum absolute atomic E-state index is 0.311. The van der Waals surface area contributed by atoms with E-state index in [4.69, 9.17) is 20.4 Å². The van der Waals surface area contributed by atoms with Crippen LogP contribution in [0, 0.1) is 0 Å². The summed E-state index contributed by atoms with van der Waals surface area (Å²) in [6, 6.07) is 4.07. The fraction of sp³-hybridized carbons (Fsp3) is 0.286.